The van der Waals surface area contributed by atoms with Crippen molar-refractivity contribution in [2.24, 2.45) is 11.8 Å². The lowest BCUT2D eigenvalue weighted by Crippen LogP contribution is -2.43. The predicted octanol–water partition coefficient (Wildman–Crippen LogP) is 1.96. The predicted molar refractivity (Wildman–Crippen MR) is 62.5 cm³/mol. The van der Waals surface area contributed by atoms with E-state index in [9.17, 15) is 0 Å². The largest absolute Gasteiger partial charge is 0.312 e. The maximum atomic E-state index is 3.59. The van der Waals surface area contributed by atoms with E-state index in [1.165, 1.54) is 19.5 Å². The third kappa shape index (κ3) is 2.96. The molecule has 1 N–H and O–H groups in total. The van der Waals surface area contributed by atoms with Gasteiger partial charge in [0, 0.05) is 18.6 Å². The lowest BCUT2D eigenvalue weighted by molar-refractivity contribution is 0.183. The van der Waals surface area contributed by atoms with Gasteiger partial charge < -0.3 is 10.2 Å². The van der Waals surface area contributed by atoms with Gasteiger partial charge in [-0.2, -0.15) is 0 Å². The monoisotopic (exact) mass is 198 g/mol. The maximum Gasteiger partial charge on any atom is 0.0221 e. The van der Waals surface area contributed by atoms with Gasteiger partial charge in [-0.3, -0.25) is 0 Å². The summed E-state index contributed by atoms with van der Waals surface area (Å²) in [5.74, 6) is 1.59. The number of nitrogens with one attached hydrogen (secondary N) is 1. The molecule has 3 unspecified atom stereocenters. The fourth-order valence-electron chi connectivity index (χ4n) is 2.13. The average Bonchev–Trinajstić information content (AvgIpc) is 2.50. The summed E-state index contributed by atoms with van der Waals surface area (Å²) in [4.78, 5) is 2.49. The molecule has 1 fully saturated rings. The van der Waals surface area contributed by atoms with E-state index < -0.39 is 0 Å². The minimum absolute atomic E-state index is 0.685. The first-order valence-corrected chi connectivity index (χ1v) is 5.96. The van der Waals surface area contributed by atoms with Gasteiger partial charge in [0.15, 0.2) is 0 Å². The van der Waals surface area contributed by atoms with Crippen LogP contribution in [0.1, 0.15) is 34.1 Å². The van der Waals surface area contributed by atoms with E-state index in [0.717, 1.165) is 11.8 Å². The van der Waals surface area contributed by atoms with E-state index >= 15 is 0 Å². The Hall–Kier alpha value is -0.0800. The Morgan fingerprint density at radius 1 is 1.36 bits per heavy atom. The van der Waals surface area contributed by atoms with Crippen LogP contribution in [0.4, 0.5) is 0 Å². The number of likely N-dealkylation sites (N-methyl/N-ethyl adjacent to an activating group) is 1. The first-order chi connectivity index (χ1) is 6.52. The summed E-state index contributed by atoms with van der Waals surface area (Å²) in [5.41, 5.74) is 0. The Kier molecular flexibility index (Phi) is 4.39. The second kappa shape index (κ2) is 5.13. The number of hydrogen-bond donors (Lipinski definition) is 1. The Morgan fingerprint density at radius 3 is 2.43 bits per heavy atom. The Bertz CT molecular complexity index is 168. The van der Waals surface area contributed by atoms with Crippen molar-refractivity contribution in [1.29, 1.82) is 0 Å². The zero-order chi connectivity index (χ0) is 10.7. The molecule has 1 heterocycles. The second-order valence-corrected chi connectivity index (χ2v) is 5.25. The molecule has 2 heteroatoms. The molecule has 1 saturated heterocycles. The molecule has 1 aliphatic heterocycles. The molecule has 0 aromatic rings. The lowest BCUT2D eigenvalue weighted by atomic mass is 10.0. The zero-order valence-electron chi connectivity index (χ0n) is 10.4. The van der Waals surface area contributed by atoms with Gasteiger partial charge in [-0.25, -0.2) is 0 Å². The van der Waals surface area contributed by atoms with Crippen LogP contribution in [0.5, 0.6) is 0 Å². The van der Waals surface area contributed by atoms with Crippen LogP contribution in [0.2, 0.25) is 0 Å². The molecule has 84 valence electrons. The van der Waals surface area contributed by atoms with Gasteiger partial charge in [-0.05, 0) is 38.8 Å². The fraction of sp³-hybridized carbons (Fsp3) is 1.00. The van der Waals surface area contributed by atoms with Crippen molar-refractivity contribution in [3.63, 3.8) is 0 Å². The van der Waals surface area contributed by atoms with E-state index in [1.807, 2.05) is 0 Å². The van der Waals surface area contributed by atoms with E-state index in [-0.39, 0.29) is 0 Å². The van der Waals surface area contributed by atoms with Gasteiger partial charge in [-0.1, -0.05) is 20.8 Å². The van der Waals surface area contributed by atoms with E-state index in [4.69, 9.17) is 0 Å². The topological polar surface area (TPSA) is 15.3 Å². The highest BCUT2D eigenvalue weighted by atomic mass is 15.2. The number of nitrogens with zero attached hydrogens (tertiary/aromatic N) is 1. The van der Waals surface area contributed by atoms with Crippen LogP contribution in [0.15, 0.2) is 0 Å². The lowest BCUT2D eigenvalue weighted by Gasteiger charge is -2.31. The van der Waals surface area contributed by atoms with Gasteiger partial charge in [0.1, 0.15) is 0 Å². The van der Waals surface area contributed by atoms with Gasteiger partial charge in [0.05, 0.1) is 0 Å². The summed E-state index contributed by atoms with van der Waals surface area (Å²) < 4.78 is 0. The van der Waals surface area contributed by atoms with E-state index in [0.29, 0.717) is 12.1 Å². The van der Waals surface area contributed by atoms with Crippen molar-refractivity contribution < 1.29 is 0 Å². The molecule has 0 aromatic carbocycles. The molecule has 0 aliphatic carbocycles. The third-order valence-electron chi connectivity index (χ3n) is 3.84. The second-order valence-electron chi connectivity index (χ2n) is 5.25. The Labute approximate surface area is 89.1 Å². The van der Waals surface area contributed by atoms with Crippen molar-refractivity contribution in [3.05, 3.63) is 0 Å². The van der Waals surface area contributed by atoms with Crippen molar-refractivity contribution in [2.75, 3.05) is 20.1 Å². The van der Waals surface area contributed by atoms with Gasteiger partial charge in [0.2, 0.25) is 0 Å². The summed E-state index contributed by atoms with van der Waals surface area (Å²) in [7, 11) is 2.25. The van der Waals surface area contributed by atoms with Gasteiger partial charge in [-0.15, -0.1) is 0 Å². The number of hydrogen-bond acceptors (Lipinski definition) is 2. The molecule has 3 atom stereocenters. The van der Waals surface area contributed by atoms with Crippen LogP contribution in [0.25, 0.3) is 0 Å². The molecule has 0 radical (unpaired) electrons. The molecule has 1 rings (SSSR count). The zero-order valence-corrected chi connectivity index (χ0v) is 10.4. The first-order valence-electron chi connectivity index (χ1n) is 5.96. The van der Waals surface area contributed by atoms with Crippen molar-refractivity contribution in [3.8, 4) is 0 Å². The highest BCUT2D eigenvalue weighted by Gasteiger charge is 2.25. The van der Waals surface area contributed by atoms with Crippen LogP contribution in [-0.4, -0.2) is 37.1 Å². The molecule has 0 aromatic heterocycles. The van der Waals surface area contributed by atoms with Crippen LogP contribution in [-0.2, 0) is 0 Å². The molecule has 0 bridgehead atoms. The summed E-state index contributed by atoms with van der Waals surface area (Å²) in [6.07, 6.45) is 1.34. The molecule has 14 heavy (non-hydrogen) atoms. The summed E-state index contributed by atoms with van der Waals surface area (Å²) in [5, 5.41) is 3.59. The van der Waals surface area contributed by atoms with E-state index in [1.54, 1.807) is 0 Å². The van der Waals surface area contributed by atoms with Crippen LogP contribution < -0.4 is 5.32 Å². The maximum absolute atomic E-state index is 3.59. The summed E-state index contributed by atoms with van der Waals surface area (Å²) in [6, 6.07) is 1.39. The molecule has 2 nitrogen and oxygen atoms in total. The molecule has 1 aliphatic rings. The molecule has 0 amide bonds. The average molecular weight is 198 g/mol. The Morgan fingerprint density at radius 2 is 2.00 bits per heavy atom. The fourth-order valence-corrected chi connectivity index (χ4v) is 2.13. The SMILES string of the molecule is CC(C)C(C)N(C)CC1NCCC1C. The quantitative estimate of drug-likeness (QED) is 0.743. The summed E-state index contributed by atoms with van der Waals surface area (Å²) in [6.45, 7) is 11.7. The van der Waals surface area contributed by atoms with E-state index in [2.05, 4.69) is 45.0 Å². The smallest absolute Gasteiger partial charge is 0.0221 e. The van der Waals surface area contributed by atoms with Crippen LogP contribution in [0, 0.1) is 11.8 Å². The van der Waals surface area contributed by atoms with Gasteiger partial charge in [0.25, 0.3) is 0 Å². The van der Waals surface area contributed by atoms with Crippen LogP contribution >= 0.6 is 0 Å². The third-order valence-corrected chi connectivity index (χ3v) is 3.84. The van der Waals surface area contributed by atoms with Crippen molar-refractivity contribution in [2.45, 2.75) is 46.2 Å². The molecule has 0 saturated carbocycles. The number of rotatable bonds is 4. The minimum atomic E-state index is 0.685. The van der Waals surface area contributed by atoms with Crippen molar-refractivity contribution in [1.82, 2.24) is 10.2 Å². The van der Waals surface area contributed by atoms with Gasteiger partial charge >= 0.3 is 0 Å². The standard InChI is InChI=1S/C12H26N2/c1-9(2)11(4)14(5)8-12-10(3)6-7-13-12/h9-13H,6-8H2,1-5H3. The molecular formula is C12H26N2. The highest BCUT2D eigenvalue weighted by Crippen LogP contribution is 2.17. The highest BCUT2D eigenvalue weighted by molar-refractivity contribution is 4.84. The minimum Gasteiger partial charge on any atom is -0.312 e. The normalized spacial score (nSPS) is 30.2. The van der Waals surface area contributed by atoms with Crippen LogP contribution in [0.3, 0.4) is 0 Å². The van der Waals surface area contributed by atoms with Crippen molar-refractivity contribution >= 4 is 0 Å². The molecular weight excluding hydrogens is 172 g/mol. The summed E-state index contributed by atoms with van der Waals surface area (Å²) >= 11 is 0. The molecule has 0 spiro atoms. The first kappa shape index (κ1) is 12.0. The Balaban J connectivity index is 2.35.